The molecule has 0 spiro atoms. The van der Waals surface area contributed by atoms with E-state index in [-0.39, 0.29) is 12.2 Å². The van der Waals surface area contributed by atoms with Crippen molar-refractivity contribution in [1.29, 1.82) is 0 Å². The standard InChI is InChI=1S/C21H22O5/c1-25-19-12-10-15(17(21(19)26-2)7-4-8-20(23)24)13-5-3-6-16-14(13)9-11-18(16)22/h3,5-6,10,12H,4,7-9,11H2,1-2H3,(H,23,24). The lowest BCUT2D eigenvalue weighted by atomic mass is 9.90. The first-order valence-corrected chi connectivity index (χ1v) is 8.68. The zero-order chi connectivity index (χ0) is 18.7. The predicted molar refractivity (Wildman–Crippen MR) is 98.2 cm³/mol. The molecule has 0 fully saturated rings. The fraction of sp³-hybridized carbons (Fsp3) is 0.333. The third-order valence-electron chi connectivity index (χ3n) is 4.83. The molecule has 1 aliphatic carbocycles. The highest BCUT2D eigenvalue weighted by molar-refractivity contribution is 6.02. The van der Waals surface area contributed by atoms with Crippen molar-refractivity contribution < 1.29 is 24.2 Å². The van der Waals surface area contributed by atoms with Gasteiger partial charge < -0.3 is 14.6 Å². The molecule has 1 aliphatic rings. The van der Waals surface area contributed by atoms with Crippen molar-refractivity contribution in [1.82, 2.24) is 0 Å². The average Bonchev–Trinajstić information content (AvgIpc) is 3.02. The number of carboxylic acid groups (broad SMARTS) is 1. The van der Waals surface area contributed by atoms with Crippen molar-refractivity contribution in [3.63, 3.8) is 0 Å². The first kappa shape index (κ1) is 18.0. The van der Waals surface area contributed by atoms with Crippen LogP contribution < -0.4 is 9.47 Å². The van der Waals surface area contributed by atoms with Crippen LogP contribution in [0.4, 0.5) is 0 Å². The molecule has 0 heterocycles. The number of carbonyl (C=O) groups excluding carboxylic acids is 1. The number of rotatable bonds is 7. The largest absolute Gasteiger partial charge is 0.493 e. The number of ketones is 1. The van der Waals surface area contributed by atoms with Gasteiger partial charge in [0.2, 0.25) is 0 Å². The first-order chi connectivity index (χ1) is 12.6. The highest BCUT2D eigenvalue weighted by Crippen LogP contribution is 2.42. The summed E-state index contributed by atoms with van der Waals surface area (Å²) in [6.07, 6.45) is 2.41. The van der Waals surface area contributed by atoms with E-state index in [0.717, 1.165) is 34.2 Å². The van der Waals surface area contributed by atoms with Gasteiger partial charge in [0.25, 0.3) is 0 Å². The molecule has 0 aliphatic heterocycles. The Morgan fingerprint density at radius 1 is 1.04 bits per heavy atom. The molecule has 3 rings (SSSR count). The molecule has 1 N–H and O–H groups in total. The quantitative estimate of drug-likeness (QED) is 0.816. The second-order valence-corrected chi connectivity index (χ2v) is 6.33. The van der Waals surface area contributed by atoms with Crippen LogP contribution in [-0.2, 0) is 17.6 Å². The molecule has 0 amide bonds. The summed E-state index contributed by atoms with van der Waals surface area (Å²) in [5.41, 5.74) is 4.75. The molecule has 26 heavy (non-hydrogen) atoms. The summed E-state index contributed by atoms with van der Waals surface area (Å²) in [4.78, 5) is 23.0. The number of hydrogen-bond acceptors (Lipinski definition) is 4. The molecule has 5 heteroatoms. The van der Waals surface area contributed by atoms with Gasteiger partial charge in [-0.25, -0.2) is 0 Å². The molecule has 0 radical (unpaired) electrons. The lowest BCUT2D eigenvalue weighted by Gasteiger charge is -2.18. The molecule has 0 saturated carbocycles. The first-order valence-electron chi connectivity index (χ1n) is 8.68. The Morgan fingerprint density at radius 3 is 2.50 bits per heavy atom. The molecule has 136 valence electrons. The SMILES string of the molecule is COc1ccc(-c2cccc3c2CCC3=O)c(CCCC(=O)O)c1OC. The maximum absolute atomic E-state index is 12.1. The smallest absolute Gasteiger partial charge is 0.303 e. The summed E-state index contributed by atoms with van der Waals surface area (Å²) in [6, 6.07) is 9.61. The van der Waals surface area contributed by atoms with Crippen LogP contribution in [0, 0.1) is 0 Å². The molecular formula is C21H22O5. The molecule has 0 aromatic heterocycles. The lowest BCUT2D eigenvalue weighted by molar-refractivity contribution is -0.137. The Hall–Kier alpha value is -2.82. The second-order valence-electron chi connectivity index (χ2n) is 6.33. The van der Waals surface area contributed by atoms with Gasteiger partial charge >= 0.3 is 5.97 Å². The Morgan fingerprint density at radius 2 is 1.81 bits per heavy atom. The average molecular weight is 354 g/mol. The van der Waals surface area contributed by atoms with Gasteiger partial charge in [0.15, 0.2) is 17.3 Å². The zero-order valence-corrected chi connectivity index (χ0v) is 15.0. The van der Waals surface area contributed by atoms with Gasteiger partial charge in [0, 0.05) is 24.0 Å². The summed E-state index contributed by atoms with van der Waals surface area (Å²) in [5.74, 6) is 0.594. The molecule has 2 aromatic rings. The third-order valence-corrected chi connectivity index (χ3v) is 4.83. The number of aliphatic carboxylic acids is 1. The van der Waals surface area contributed by atoms with Crippen LogP contribution in [0.1, 0.15) is 40.7 Å². The van der Waals surface area contributed by atoms with E-state index in [2.05, 4.69) is 0 Å². The van der Waals surface area contributed by atoms with Crippen LogP contribution in [0.2, 0.25) is 0 Å². The predicted octanol–water partition coefficient (Wildman–Crippen LogP) is 3.91. The molecular weight excluding hydrogens is 332 g/mol. The summed E-state index contributed by atoms with van der Waals surface area (Å²) >= 11 is 0. The molecule has 0 saturated heterocycles. The van der Waals surface area contributed by atoms with Gasteiger partial charge in [-0.1, -0.05) is 24.3 Å². The Kier molecular flexibility index (Phi) is 5.26. The van der Waals surface area contributed by atoms with Crippen molar-refractivity contribution in [2.24, 2.45) is 0 Å². The number of carbonyl (C=O) groups is 2. The number of carboxylic acids is 1. The maximum Gasteiger partial charge on any atom is 0.303 e. The number of hydrogen-bond donors (Lipinski definition) is 1. The summed E-state index contributed by atoms with van der Waals surface area (Å²) in [5, 5.41) is 8.97. The van der Waals surface area contributed by atoms with E-state index in [1.807, 2.05) is 30.3 Å². The third kappa shape index (κ3) is 3.29. The topological polar surface area (TPSA) is 72.8 Å². The summed E-state index contributed by atoms with van der Waals surface area (Å²) < 4.78 is 11.0. The van der Waals surface area contributed by atoms with Gasteiger partial charge in [-0.3, -0.25) is 9.59 Å². The van der Waals surface area contributed by atoms with Crippen molar-refractivity contribution in [3.05, 3.63) is 47.0 Å². The fourth-order valence-corrected chi connectivity index (χ4v) is 3.65. The summed E-state index contributed by atoms with van der Waals surface area (Å²) in [7, 11) is 3.17. The van der Waals surface area contributed by atoms with Crippen molar-refractivity contribution in [3.8, 4) is 22.6 Å². The minimum absolute atomic E-state index is 0.0885. The van der Waals surface area contributed by atoms with Gasteiger partial charge in [0.1, 0.15) is 0 Å². The van der Waals surface area contributed by atoms with Crippen molar-refractivity contribution >= 4 is 11.8 Å². The highest BCUT2D eigenvalue weighted by Gasteiger charge is 2.25. The number of fused-ring (bicyclic) bond motifs is 1. The Labute approximate surface area is 152 Å². The summed E-state index contributed by atoms with van der Waals surface area (Å²) in [6.45, 7) is 0. The Balaban J connectivity index is 2.12. The minimum Gasteiger partial charge on any atom is -0.493 e. The zero-order valence-electron chi connectivity index (χ0n) is 15.0. The fourth-order valence-electron chi connectivity index (χ4n) is 3.65. The molecule has 0 bridgehead atoms. The highest BCUT2D eigenvalue weighted by atomic mass is 16.5. The van der Waals surface area contributed by atoms with Crippen LogP contribution >= 0.6 is 0 Å². The van der Waals surface area contributed by atoms with E-state index in [1.54, 1.807) is 14.2 Å². The van der Waals surface area contributed by atoms with Gasteiger partial charge in [-0.15, -0.1) is 0 Å². The van der Waals surface area contributed by atoms with Crippen LogP contribution in [0.3, 0.4) is 0 Å². The van der Waals surface area contributed by atoms with Crippen LogP contribution in [-0.4, -0.2) is 31.1 Å². The number of methoxy groups -OCH3 is 2. The van der Waals surface area contributed by atoms with E-state index < -0.39 is 5.97 Å². The van der Waals surface area contributed by atoms with E-state index in [4.69, 9.17) is 14.6 Å². The second kappa shape index (κ2) is 7.60. The van der Waals surface area contributed by atoms with E-state index in [0.29, 0.717) is 30.8 Å². The molecule has 0 atom stereocenters. The molecule has 2 aromatic carbocycles. The maximum atomic E-state index is 12.1. The number of Topliss-reactive ketones (excluding diaryl/α,β-unsaturated/α-hetero) is 1. The number of ether oxygens (including phenoxy) is 2. The number of benzene rings is 2. The van der Waals surface area contributed by atoms with Crippen molar-refractivity contribution in [2.45, 2.75) is 32.1 Å². The minimum atomic E-state index is -0.820. The van der Waals surface area contributed by atoms with Crippen LogP contribution in [0.5, 0.6) is 11.5 Å². The van der Waals surface area contributed by atoms with E-state index in [1.165, 1.54) is 0 Å². The Bertz CT molecular complexity index is 854. The van der Waals surface area contributed by atoms with E-state index in [9.17, 15) is 9.59 Å². The van der Waals surface area contributed by atoms with Crippen LogP contribution in [0.15, 0.2) is 30.3 Å². The van der Waals surface area contributed by atoms with Gasteiger partial charge in [-0.05, 0) is 42.0 Å². The monoisotopic (exact) mass is 354 g/mol. The van der Waals surface area contributed by atoms with Crippen molar-refractivity contribution in [2.75, 3.05) is 14.2 Å². The van der Waals surface area contributed by atoms with Gasteiger partial charge in [0.05, 0.1) is 14.2 Å². The molecule has 5 nitrogen and oxygen atoms in total. The normalized spacial score (nSPS) is 12.8. The molecule has 0 unspecified atom stereocenters. The van der Waals surface area contributed by atoms with E-state index >= 15 is 0 Å². The van der Waals surface area contributed by atoms with Gasteiger partial charge in [-0.2, -0.15) is 0 Å². The lowest BCUT2D eigenvalue weighted by Crippen LogP contribution is -2.02. The van der Waals surface area contributed by atoms with Crippen LogP contribution in [0.25, 0.3) is 11.1 Å².